The zero-order valence-electron chi connectivity index (χ0n) is 28.4. The highest BCUT2D eigenvalue weighted by molar-refractivity contribution is 5.98. The van der Waals surface area contributed by atoms with Crippen molar-refractivity contribution in [3.8, 4) is 16.9 Å². The van der Waals surface area contributed by atoms with Crippen LogP contribution in [-0.2, 0) is 9.47 Å². The molecule has 0 spiro atoms. The van der Waals surface area contributed by atoms with Gasteiger partial charge in [0.1, 0.15) is 22.9 Å². The molecule has 1 aliphatic rings. The second kappa shape index (κ2) is 13.3. The van der Waals surface area contributed by atoms with Crippen LogP contribution in [0, 0.1) is 18.6 Å². The summed E-state index contributed by atoms with van der Waals surface area (Å²) in [5, 5.41) is 0.181. The van der Waals surface area contributed by atoms with Crippen molar-refractivity contribution < 1.29 is 27.8 Å². The van der Waals surface area contributed by atoms with Gasteiger partial charge in [-0.1, -0.05) is 19.9 Å². The van der Waals surface area contributed by atoms with Gasteiger partial charge in [-0.2, -0.15) is 4.98 Å². The lowest BCUT2D eigenvalue weighted by Gasteiger charge is -2.41. The summed E-state index contributed by atoms with van der Waals surface area (Å²) in [7, 11) is 0. The van der Waals surface area contributed by atoms with Crippen LogP contribution in [0.2, 0.25) is 0 Å². The normalized spacial score (nSPS) is 15.3. The molecular weight excluding hydrogens is 622 g/mol. The third-order valence-corrected chi connectivity index (χ3v) is 8.02. The van der Waals surface area contributed by atoms with E-state index < -0.39 is 40.7 Å². The maximum atomic E-state index is 16.3. The second-order valence-corrected chi connectivity index (χ2v) is 13.1. The van der Waals surface area contributed by atoms with Crippen molar-refractivity contribution in [2.24, 2.45) is 0 Å². The van der Waals surface area contributed by atoms with Crippen molar-refractivity contribution in [1.29, 1.82) is 0 Å². The first kappa shape index (κ1) is 34.4. The molecule has 5 rings (SSSR count). The number of rotatable bonds is 6. The first-order valence-electron chi connectivity index (χ1n) is 15.9. The smallest absolute Gasteiger partial charge is 0.410 e. The number of nitrogens with zero attached hydrogens (tertiary/aromatic N) is 6. The average Bonchev–Trinajstić information content (AvgIpc) is 3.00. The maximum absolute atomic E-state index is 16.3. The number of ether oxygens (including phenoxy) is 2. The Kier molecular flexibility index (Phi) is 9.52. The highest BCUT2D eigenvalue weighted by Gasteiger charge is 2.33. The highest BCUT2D eigenvalue weighted by Crippen LogP contribution is 2.35. The van der Waals surface area contributed by atoms with Gasteiger partial charge >= 0.3 is 17.8 Å². The molecule has 1 aliphatic heterocycles. The number of carbonyl (C=O) groups excluding carboxylic acids is 2. The van der Waals surface area contributed by atoms with E-state index in [1.165, 1.54) is 16.7 Å². The quantitative estimate of drug-likeness (QED) is 0.223. The predicted molar refractivity (Wildman–Crippen MR) is 178 cm³/mol. The summed E-state index contributed by atoms with van der Waals surface area (Å²) in [6.45, 7) is 15.3. The van der Waals surface area contributed by atoms with Crippen LogP contribution < -0.4 is 10.6 Å². The van der Waals surface area contributed by atoms with Gasteiger partial charge in [-0.15, -0.1) is 0 Å². The van der Waals surface area contributed by atoms with Crippen molar-refractivity contribution in [3.63, 3.8) is 0 Å². The largest absolute Gasteiger partial charge is 0.462 e. The van der Waals surface area contributed by atoms with Crippen molar-refractivity contribution in [1.82, 2.24) is 24.4 Å². The molecule has 11 nitrogen and oxygen atoms in total. The van der Waals surface area contributed by atoms with E-state index >= 15 is 8.78 Å². The molecule has 3 aromatic heterocycles. The van der Waals surface area contributed by atoms with E-state index in [9.17, 15) is 14.4 Å². The molecular formula is C35H40F2N6O5. The molecule has 0 unspecified atom stereocenters. The number of aromatic nitrogens is 4. The van der Waals surface area contributed by atoms with Gasteiger partial charge in [0.05, 0.1) is 34.5 Å². The molecule has 0 bridgehead atoms. The lowest BCUT2D eigenvalue weighted by molar-refractivity contribution is 0.0218. The Hall–Kier alpha value is -4.94. The molecule has 254 valence electrons. The van der Waals surface area contributed by atoms with Crippen LogP contribution in [0.25, 0.3) is 28.0 Å². The predicted octanol–water partition coefficient (Wildman–Crippen LogP) is 6.18. The van der Waals surface area contributed by atoms with Crippen LogP contribution in [-0.4, -0.2) is 74.4 Å². The van der Waals surface area contributed by atoms with Gasteiger partial charge in [0, 0.05) is 31.9 Å². The minimum atomic E-state index is -0.932. The van der Waals surface area contributed by atoms with E-state index in [2.05, 4.69) is 15.0 Å². The fraction of sp³-hybridized carbons (Fsp3) is 0.429. The number of hydrogen-bond donors (Lipinski definition) is 0. The third-order valence-electron chi connectivity index (χ3n) is 8.02. The minimum absolute atomic E-state index is 0.000709. The van der Waals surface area contributed by atoms with Gasteiger partial charge in [-0.25, -0.2) is 32.7 Å². The number of fused-ring (bicyclic) bond motifs is 1. The number of halogens is 2. The van der Waals surface area contributed by atoms with Gasteiger partial charge in [0.2, 0.25) is 0 Å². The summed E-state index contributed by atoms with van der Waals surface area (Å²) >= 11 is 0. The van der Waals surface area contributed by atoms with Gasteiger partial charge in [-0.05, 0) is 77.3 Å². The molecule has 0 saturated carbocycles. The Morgan fingerprint density at radius 1 is 1.08 bits per heavy atom. The Bertz CT molecular complexity index is 1950. The van der Waals surface area contributed by atoms with Crippen LogP contribution >= 0.6 is 0 Å². The first-order chi connectivity index (χ1) is 22.6. The van der Waals surface area contributed by atoms with Crippen LogP contribution in [0.5, 0.6) is 0 Å². The Balaban J connectivity index is 1.77. The zero-order valence-corrected chi connectivity index (χ0v) is 28.4. The number of aryl methyl sites for hydroxylation is 1. The second-order valence-electron chi connectivity index (χ2n) is 13.1. The number of carbonyl (C=O) groups is 2. The third kappa shape index (κ3) is 6.58. The Morgan fingerprint density at radius 3 is 2.46 bits per heavy atom. The molecule has 4 aromatic rings. The summed E-state index contributed by atoms with van der Waals surface area (Å²) < 4.78 is 43.8. The van der Waals surface area contributed by atoms with Gasteiger partial charge < -0.3 is 19.3 Å². The van der Waals surface area contributed by atoms with Crippen LogP contribution in [0.3, 0.4) is 0 Å². The molecule has 1 aromatic carbocycles. The molecule has 0 aliphatic carbocycles. The maximum Gasteiger partial charge on any atom is 0.410 e. The van der Waals surface area contributed by atoms with Crippen molar-refractivity contribution in [3.05, 3.63) is 75.5 Å². The first-order valence-corrected chi connectivity index (χ1v) is 15.9. The van der Waals surface area contributed by atoms with Crippen molar-refractivity contribution >= 4 is 28.9 Å². The van der Waals surface area contributed by atoms with Crippen LogP contribution in [0.4, 0.5) is 19.4 Å². The molecule has 0 N–H and O–H groups in total. The summed E-state index contributed by atoms with van der Waals surface area (Å²) in [4.78, 5) is 56.9. The van der Waals surface area contributed by atoms with Crippen molar-refractivity contribution in [2.45, 2.75) is 73.0 Å². The zero-order chi connectivity index (χ0) is 35.1. The number of esters is 1. The SMILES string of the molecule is CCOC(=O)c1cccc(F)c1-c1nc2c(cc1F)c(N1CCN(C(=O)OC(C)(C)C)C[C@@H]1C)nc(=O)n2-c1c(C)ccnc1C(C)C. The summed E-state index contributed by atoms with van der Waals surface area (Å²) in [6, 6.07) is 6.31. The fourth-order valence-corrected chi connectivity index (χ4v) is 5.89. The standard InChI is InChI=1S/C35H40F2N6O5/c1-9-47-32(44)22-11-10-12-24(36)26(22)28-25(37)17-23-30(42-16-15-41(18-21(42)5)34(46)48-35(6,7)8)40-33(45)43(31(23)39-28)29-20(4)13-14-38-27(29)19(2)3/h10-14,17,19,21H,9,15-16,18H2,1-8H3/t21-/m0/s1. The number of amides is 1. The van der Waals surface area contributed by atoms with E-state index in [1.807, 2.05) is 32.6 Å². The summed E-state index contributed by atoms with van der Waals surface area (Å²) in [6.07, 6.45) is 1.17. The summed E-state index contributed by atoms with van der Waals surface area (Å²) in [5.74, 6) is -2.63. The lowest BCUT2D eigenvalue weighted by Crippen LogP contribution is -2.55. The number of hydrogen-bond acceptors (Lipinski definition) is 9. The molecule has 48 heavy (non-hydrogen) atoms. The number of piperazine rings is 1. The molecule has 1 atom stereocenters. The van der Waals surface area contributed by atoms with E-state index in [0.29, 0.717) is 16.9 Å². The Labute approximate surface area is 277 Å². The molecule has 1 amide bonds. The van der Waals surface area contributed by atoms with Crippen LogP contribution in [0.15, 0.2) is 41.3 Å². The number of benzene rings is 1. The van der Waals surface area contributed by atoms with Crippen LogP contribution in [0.1, 0.15) is 76.0 Å². The summed E-state index contributed by atoms with van der Waals surface area (Å²) in [5.41, 5.74) is -0.753. The van der Waals surface area contributed by atoms with Crippen molar-refractivity contribution in [2.75, 3.05) is 31.1 Å². The van der Waals surface area contributed by atoms with E-state index in [-0.39, 0.29) is 66.2 Å². The monoisotopic (exact) mass is 662 g/mol. The topological polar surface area (TPSA) is 120 Å². The molecule has 13 heteroatoms. The van der Waals surface area contributed by atoms with E-state index in [4.69, 9.17) is 9.47 Å². The van der Waals surface area contributed by atoms with Gasteiger partial charge in [0.25, 0.3) is 0 Å². The van der Waals surface area contributed by atoms with E-state index in [0.717, 1.165) is 12.1 Å². The number of pyridine rings is 2. The minimum Gasteiger partial charge on any atom is -0.462 e. The fourth-order valence-electron chi connectivity index (χ4n) is 5.89. The van der Waals surface area contributed by atoms with E-state index in [1.54, 1.807) is 44.9 Å². The lowest BCUT2D eigenvalue weighted by atomic mass is 10.0. The Morgan fingerprint density at radius 2 is 1.81 bits per heavy atom. The molecule has 1 saturated heterocycles. The molecule has 4 heterocycles. The van der Waals surface area contributed by atoms with Gasteiger partial charge in [0.15, 0.2) is 11.5 Å². The highest BCUT2D eigenvalue weighted by atomic mass is 19.1. The molecule has 0 radical (unpaired) electrons. The number of anilines is 1. The average molecular weight is 663 g/mol. The van der Waals surface area contributed by atoms with Gasteiger partial charge in [-0.3, -0.25) is 4.98 Å². The molecule has 1 fully saturated rings.